The van der Waals surface area contributed by atoms with Gasteiger partial charge in [0, 0.05) is 50.5 Å². The Hall–Kier alpha value is -5.13. The SMILES string of the molecule is C=CC(=O)N1CCN(c2ccc3ncnc(Nc4ccc(Oc5cc6nnn(C)c6cc5F)c(C)c4)c3n2)C[C@H]1C. The Morgan fingerprint density at radius 2 is 1.98 bits per heavy atom. The van der Waals surface area contributed by atoms with Crippen LogP contribution in [0.2, 0.25) is 0 Å². The van der Waals surface area contributed by atoms with Gasteiger partial charge >= 0.3 is 0 Å². The lowest BCUT2D eigenvalue weighted by Crippen LogP contribution is -2.53. The van der Waals surface area contributed by atoms with Crippen molar-refractivity contribution in [3.63, 3.8) is 0 Å². The van der Waals surface area contributed by atoms with Crippen molar-refractivity contribution in [1.82, 2.24) is 34.8 Å². The van der Waals surface area contributed by atoms with Crippen LogP contribution < -0.4 is 15.0 Å². The van der Waals surface area contributed by atoms with Gasteiger partial charge in [-0.3, -0.25) is 4.79 Å². The van der Waals surface area contributed by atoms with Gasteiger partial charge in [-0.1, -0.05) is 11.8 Å². The minimum Gasteiger partial charge on any atom is -0.454 e. The number of aromatic nitrogens is 6. The van der Waals surface area contributed by atoms with Gasteiger partial charge < -0.3 is 19.9 Å². The molecule has 0 radical (unpaired) electrons. The van der Waals surface area contributed by atoms with Gasteiger partial charge in [0.2, 0.25) is 5.91 Å². The molecule has 12 heteroatoms. The molecule has 2 aromatic carbocycles. The lowest BCUT2D eigenvalue weighted by molar-refractivity contribution is -0.128. The second-order valence-corrected chi connectivity index (χ2v) is 9.98. The molecule has 1 aliphatic rings. The summed E-state index contributed by atoms with van der Waals surface area (Å²) in [6, 6.07) is 12.3. The lowest BCUT2D eigenvalue weighted by atomic mass is 10.1. The number of rotatable bonds is 6. The standard InChI is InChI=1S/C29H28FN9O2/c1-5-27(40)39-11-10-38(15-18(39)3)26-9-7-21-28(34-26)29(32-16-31-21)33-19-6-8-24(17(2)12-19)41-25-14-22-23(13-20(25)30)37(4)36-35-22/h5-9,12-14,16,18H,1,10-11,15H2,2-4H3,(H,31,32,33)/t18-/m1/s1. The first kappa shape index (κ1) is 26.1. The van der Waals surface area contributed by atoms with Gasteiger partial charge in [0.1, 0.15) is 28.9 Å². The van der Waals surface area contributed by atoms with E-state index in [0.717, 1.165) is 17.1 Å². The number of hydrogen-bond donors (Lipinski definition) is 1. The van der Waals surface area contributed by atoms with Gasteiger partial charge in [0.05, 0.1) is 11.0 Å². The van der Waals surface area contributed by atoms with Crippen molar-refractivity contribution in [3.8, 4) is 11.5 Å². The second kappa shape index (κ2) is 10.5. The summed E-state index contributed by atoms with van der Waals surface area (Å²) in [4.78, 5) is 29.8. The molecule has 0 unspecified atom stereocenters. The number of anilines is 3. The molecule has 0 bridgehead atoms. The maximum Gasteiger partial charge on any atom is 0.246 e. The number of carbonyl (C=O) groups is 1. The molecule has 6 rings (SSSR count). The number of nitrogens with one attached hydrogen (secondary N) is 1. The highest BCUT2D eigenvalue weighted by molar-refractivity contribution is 5.89. The molecule has 1 amide bonds. The number of benzene rings is 2. The van der Waals surface area contributed by atoms with E-state index in [9.17, 15) is 9.18 Å². The molecule has 208 valence electrons. The van der Waals surface area contributed by atoms with E-state index in [4.69, 9.17) is 9.72 Å². The number of halogens is 1. The number of hydrogen-bond acceptors (Lipinski definition) is 9. The third-order valence-electron chi connectivity index (χ3n) is 7.20. The lowest BCUT2D eigenvalue weighted by Gasteiger charge is -2.40. The predicted octanol–water partition coefficient (Wildman–Crippen LogP) is 4.51. The Labute approximate surface area is 235 Å². The molecule has 1 aliphatic heterocycles. The van der Waals surface area contributed by atoms with Crippen LogP contribution in [-0.4, -0.2) is 66.4 Å². The smallest absolute Gasteiger partial charge is 0.246 e. The van der Waals surface area contributed by atoms with Crippen molar-refractivity contribution in [1.29, 1.82) is 0 Å². The van der Waals surface area contributed by atoms with Crippen LogP contribution in [0.1, 0.15) is 12.5 Å². The summed E-state index contributed by atoms with van der Waals surface area (Å²) in [6.07, 6.45) is 2.84. The van der Waals surface area contributed by atoms with Crippen molar-refractivity contribution >= 4 is 45.3 Å². The number of fused-ring (bicyclic) bond motifs is 2. The van der Waals surface area contributed by atoms with Gasteiger partial charge in [-0.25, -0.2) is 24.0 Å². The van der Waals surface area contributed by atoms with Crippen LogP contribution in [0.25, 0.3) is 22.1 Å². The first-order chi connectivity index (χ1) is 19.8. The summed E-state index contributed by atoms with van der Waals surface area (Å²) in [5.74, 6) is 1.36. The van der Waals surface area contributed by atoms with Crippen molar-refractivity contribution in [2.45, 2.75) is 19.9 Å². The predicted molar refractivity (Wildman–Crippen MR) is 154 cm³/mol. The molecular formula is C29H28FN9O2. The maximum absolute atomic E-state index is 14.7. The molecular weight excluding hydrogens is 525 g/mol. The van der Waals surface area contributed by atoms with E-state index in [1.54, 1.807) is 13.1 Å². The van der Waals surface area contributed by atoms with Gasteiger partial charge in [-0.2, -0.15) is 0 Å². The minimum atomic E-state index is -0.498. The van der Waals surface area contributed by atoms with Crippen LogP contribution in [0.4, 0.5) is 21.7 Å². The van der Waals surface area contributed by atoms with Crippen molar-refractivity contribution in [3.05, 3.63) is 72.8 Å². The number of piperazine rings is 1. The number of aryl methyl sites for hydroxylation is 2. The van der Waals surface area contributed by atoms with Gasteiger partial charge in [0.25, 0.3) is 0 Å². The number of carbonyl (C=O) groups excluding carboxylic acids is 1. The Morgan fingerprint density at radius 1 is 1.12 bits per heavy atom. The minimum absolute atomic E-state index is 0.0242. The summed E-state index contributed by atoms with van der Waals surface area (Å²) >= 11 is 0. The van der Waals surface area contributed by atoms with Gasteiger partial charge in [-0.05, 0) is 55.8 Å². The molecule has 5 aromatic rings. The average Bonchev–Trinajstić information content (AvgIpc) is 3.33. The third kappa shape index (κ3) is 4.99. The van der Waals surface area contributed by atoms with E-state index < -0.39 is 5.82 Å². The number of amides is 1. The normalized spacial score (nSPS) is 15.4. The number of ether oxygens (including phenoxy) is 1. The Morgan fingerprint density at radius 3 is 2.76 bits per heavy atom. The summed E-state index contributed by atoms with van der Waals surface area (Å²) in [5.41, 5.74) is 4.01. The van der Waals surface area contributed by atoms with Crippen LogP contribution in [0, 0.1) is 12.7 Å². The summed E-state index contributed by atoms with van der Waals surface area (Å²) in [6.45, 7) is 9.40. The van der Waals surface area contributed by atoms with Gasteiger partial charge in [0.15, 0.2) is 17.4 Å². The zero-order chi connectivity index (χ0) is 28.7. The first-order valence-corrected chi connectivity index (χ1v) is 13.1. The highest BCUT2D eigenvalue weighted by Gasteiger charge is 2.27. The van der Waals surface area contributed by atoms with Crippen LogP contribution in [0.5, 0.6) is 11.5 Å². The topological polar surface area (TPSA) is 114 Å². The van der Waals surface area contributed by atoms with E-state index in [1.165, 1.54) is 29.2 Å². The Balaban J connectivity index is 1.23. The quantitative estimate of drug-likeness (QED) is 0.303. The van der Waals surface area contributed by atoms with Crippen LogP contribution in [-0.2, 0) is 11.8 Å². The monoisotopic (exact) mass is 553 g/mol. The summed E-state index contributed by atoms with van der Waals surface area (Å²) in [7, 11) is 1.71. The first-order valence-electron chi connectivity index (χ1n) is 13.1. The van der Waals surface area contributed by atoms with E-state index in [2.05, 4.69) is 37.1 Å². The molecule has 41 heavy (non-hydrogen) atoms. The molecule has 1 N–H and O–H groups in total. The van der Waals surface area contributed by atoms with E-state index in [-0.39, 0.29) is 17.7 Å². The number of pyridine rings is 1. The highest BCUT2D eigenvalue weighted by Crippen LogP contribution is 2.32. The van der Waals surface area contributed by atoms with Crippen LogP contribution in [0.3, 0.4) is 0 Å². The summed E-state index contributed by atoms with van der Waals surface area (Å²) in [5, 5.41) is 11.3. The molecule has 1 fully saturated rings. The fraction of sp³-hybridized carbons (Fsp3) is 0.241. The van der Waals surface area contributed by atoms with Crippen LogP contribution >= 0.6 is 0 Å². The molecule has 3 aromatic heterocycles. The largest absolute Gasteiger partial charge is 0.454 e. The average molecular weight is 554 g/mol. The van der Waals surface area contributed by atoms with E-state index in [1.807, 2.05) is 43.0 Å². The third-order valence-corrected chi connectivity index (χ3v) is 7.20. The zero-order valence-corrected chi connectivity index (χ0v) is 22.9. The molecule has 11 nitrogen and oxygen atoms in total. The molecule has 0 saturated carbocycles. The zero-order valence-electron chi connectivity index (χ0n) is 22.9. The molecule has 0 aliphatic carbocycles. The van der Waals surface area contributed by atoms with Crippen LogP contribution in [0.15, 0.2) is 61.4 Å². The van der Waals surface area contributed by atoms with Crippen molar-refractivity contribution in [2.24, 2.45) is 7.05 Å². The van der Waals surface area contributed by atoms with E-state index in [0.29, 0.717) is 53.3 Å². The molecule has 0 spiro atoms. The second-order valence-electron chi connectivity index (χ2n) is 9.98. The fourth-order valence-corrected chi connectivity index (χ4v) is 5.02. The fourth-order valence-electron chi connectivity index (χ4n) is 5.02. The molecule has 4 heterocycles. The Kier molecular flexibility index (Phi) is 6.66. The Bertz CT molecular complexity index is 1800. The highest BCUT2D eigenvalue weighted by atomic mass is 19.1. The van der Waals surface area contributed by atoms with Gasteiger partial charge in [-0.15, -0.1) is 5.10 Å². The molecule has 1 saturated heterocycles. The maximum atomic E-state index is 14.7. The number of nitrogens with zero attached hydrogens (tertiary/aromatic N) is 8. The van der Waals surface area contributed by atoms with Crippen molar-refractivity contribution in [2.75, 3.05) is 29.9 Å². The van der Waals surface area contributed by atoms with Crippen molar-refractivity contribution < 1.29 is 13.9 Å². The summed E-state index contributed by atoms with van der Waals surface area (Å²) < 4.78 is 22.1. The van der Waals surface area contributed by atoms with E-state index >= 15 is 0 Å². The molecule has 1 atom stereocenters.